The molecule has 2 aromatic rings. The molecule has 0 aliphatic carbocycles. The summed E-state index contributed by atoms with van der Waals surface area (Å²) in [6.07, 6.45) is 3.56. The molecule has 3 heterocycles. The highest BCUT2D eigenvalue weighted by atomic mass is 79.9. The molecule has 20 heavy (non-hydrogen) atoms. The molecule has 0 saturated carbocycles. The average molecular weight is 338 g/mol. The van der Waals surface area contributed by atoms with Gasteiger partial charge in [-0.1, -0.05) is 5.16 Å². The molecular formula is C12H12BrN5O2. The predicted octanol–water partition coefficient (Wildman–Crippen LogP) is 1.90. The molecule has 104 valence electrons. The zero-order valence-electron chi connectivity index (χ0n) is 10.5. The number of amides is 1. The van der Waals surface area contributed by atoms with Gasteiger partial charge in [-0.2, -0.15) is 4.98 Å². The first-order valence-corrected chi connectivity index (χ1v) is 7.01. The van der Waals surface area contributed by atoms with Crippen molar-refractivity contribution in [2.75, 3.05) is 11.9 Å². The van der Waals surface area contributed by atoms with Crippen molar-refractivity contribution in [2.24, 2.45) is 0 Å². The quantitative estimate of drug-likeness (QED) is 0.831. The van der Waals surface area contributed by atoms with Crippen LogP contribution < -0.4 is 10.6 Å². The molecule has 0 aromatic carbocycles. The number of pyridine rings is 1. The number of hydrogen-bond acceptors (Lipinski definition) is 6. The number of carbonyl (C=O) groups is 1. The van der Waals surface area contributed by atoms with E-state index in [0.717, 1.165) is 19.4 Å². The Labute approximate surface area is 123 Å². The van der Waals surface area contributed by atoms with Gasteiger partial charge in [-0.05, 0) is 47.4 Å². The van der Waals surface area contributed by atoms with Crippen molar-refractivity contribution < 1.29 is 9.32 Å². The monoisotopic (exact) mass is 337 g/mol. The van der Waals surface area contributed by atoms with E-state index in [1.165, 1.54) is 0 Å². The number of carbonyl (C=O) groups excluding carboxylic acids is 1. The number of anilines is 1. The Morgan fingerprint density at radius 3 is 3.10 bits per heavy atom. The summed E-state index contributed by atoms with van der Waals surface area (Å²) in [6.45, 7) is 0.930. The molecule has 1 fully saturated rings. The van der Waals surface area contributed by atoms with Crippen LogP contribution in [-0.2, 0) is 0 Å². The summed E-state index contributed by atoms with van der Waals surface area (Å²) in [5.74, 6) is 0.0697. The van der Waals surface area contributed by atoms with Crippen LogP contribution in [0.4, 0.5) is 5.69 Å². The third kappa shape index (κ3) is 2.86. The van der Waals surface area contributed by atoms with E-state index in [4.69, 9.17) is 4.52 Å². The van der Waals surface area contributed by atoms with E-state index >= 15 is 0 Å². The van der Waals surface area contributed by atoms with Gasteiger partial charge in [0.1, 0.15) is 4.60 Å². The van der Waals surface area contributed by atoms with Crippen molar-refractivity contribution in [1.29, 1.82) is 0 Å². The van der Waals surface area contributed by atoms with Crippen molar-refractivity contribution >= 4 is 27.5 Å². The number of hydrogen-bond donors (Lipinski definition) is 2. The first kappa shape index (κ1) is 13.2. The lowest BCUT2D eigenvalue weighted by atomic mass is 10.2. The molecule has 1 amide bonds. The SMILES string of the molecule is O=C(Nc1ccc(Br)nc1)c1noc(C2CCCN2)n1. The van der Waals surface area contributed by atoms with E-state index in [0.29, 0.717) is 16.2 Å². The number of nitrogens with one attached hydrogen (secondary N) is 2. The second-order valence-electron chi connectivity index (χ2n) is 4.43. The highest BCUT2D eigenvalue weighted by Crippen LogP contribution is 2.21. The molecular weight excluding hydrogens is 326 g/mol. The van der Waals surface area contributed by atoms with Gasteiger partial charge in [0.05, 0.1) is 17.9 Å². The molecule has 0 radical (unpaired) electrons. The maximum atomic E-state index is 12.0. The highest BCUT2D eigenvalue weighted by Gasteiger charge is 2.24. The van der Waals surface area contributed by atoms with E-state index in [9.17, 15) is 4.79 Å². The van der Waals surface area contributed by atoms with Crippen LogP contribution in [0.3, 0.4) is 0 Å². The van der Waals surface area contributed by atoms with E-state index in [1.54, 1.807) is 18.3 Å². The lowest BCUT2D eigenvalue weighted by Crippen LogP contribution is -2.15. The molecule has 1 aliphatic rings. The summed E-state index contributed by atoms with van der Waals surface area (Å²) in [6, 6.07) is 3.52. The summed E-state index contributed by atoms with van der Waals surface area (Å²) in [5, 5.41) is 9.61. The molecule has 1 aliphatic heterocycles. The zero-order valence-corrected chi connectivity index (χ0v) is 12.1. The Hall–Kier alpha value is -1.80. The van der Waals surface area contributed by atoms with E-state index in [2.05, 4.69) is 41.7 Å². The smallest absolute Gasteiger partial charge is 0.297 e. The lowest BCUT2D eigenvalue weighted by Gasteiger charge is -2.02. The Balaban J connectivity index is 1.69. The normalized spacial score (nSPS) is 18.1. The molecule has 0 bridgehead atoms. The molecule has 1 atom stereocenters. The Morgan fingerprint density at radius 2 is 2.40 bits per heavy atom. The summed E-state index contributed by atoms with van der Waals surface area (Å²) in [7, 11) is 0. The second kappa shape index (κ2) is 5.68. The van der Waals surface area contributed by atoms with Crippen LogP contribution in [0, 0.1) is 0 Å². The van der Waals surface area contributed by atoms with Crippen LogP contribution in [-0.4, -0.2) is 27.6 Å². The highest BCUT2D eigenvalue weighted by molar-refractivity contribution is 9.10. The molecule has 8 heteroatoms. The number of nitrogens with zero attached hydrogens (tertiary/aromatic N) is 3. The van der Waals surface area contributed by atoms with E-state index < -0.39 is 5.91 Å². The fourth-order valence-electron chi connectivity index (χ4n) is 2.00. The Morgan fingerprint density at radius 1 is 1.50 bits per heavy atom. The van der Waals surface area contributed by atoms with Crippen molar-refractivity contribution in [3.05, 3.63) is 34.6 Å². The fraction of sp³-hybridized carbons (Fsp3) is 0.333. The van der Waals surface area contributed by atoms with Crippen molar-refractivity contribution in [2.45, 2.75) is 18.9 Å². The van der Waals surface area contributed by atoms with E-state index in [1.807, 2.05) is 0 Å². The molecule has 2 aromatic heterocycles. The molecule has 3 rings (SSSR count). The topological polar surface area (TPSA) is 92.9 Å². The molecule has 1 unspecified atom stereocenters. The van der Waals surface area contributed by atoms with Crippen molar-refractivity contribution in [1.82, 2.24) is 20.4 Å². The van der Waals surface area contributed by atoms with Crippen LogP contribution in [0.1, 0.15) is 35.4 Å². The number of rotatable bonds is 3. The van der Waals surface area contributed by atoms with Crippen LogP contribution in [0.2, 0.25) is 0 Å². The first-order chi connectivity index (χ1) is 9.72. The lowest BCUT2D eigenvalue weighted by molar-refractivity contribution is 0.101. The molecule has 0 spiro atoms. The van der Waals surface area contributed by atoms with Gasteiger partial charge in [0.2, 0.25) is 5.89 Å². The minimum atomic E-state index is -0.415. The summed E-state index contributed by atoms with van der Waals surface area (Å²) < 4.78 is 5.82. The third-order valence-electron chi connectivity index (χ3n) is 2.99. The summed E-state index contributed by atoms with van der Waals surface area (Å²) >= 11 is 3.23. The maximum Gasteiger partial charge on any atom is 0.297 e. The average Bonchev–Trinajstić information content (AvgIpc) is 3.11. The van der Waals surface area contributed by atoms with Gasteiger partial charge in [-0.15, -0.1) is 0 Å². The number of halogens is 1. The summed E-state index contributed by atoms with van der Waals surface area (Å²) in [5.41, 5.74) is 0.573. The van der Waals surface area contributed by atoms with Gasteiger partial charge in [-0.3, -0.25) is 4.79 Å². The molecule has 1 saturated heterocycles. The largest absolute Gasteiger partial charge is 0.337 e. The first-order valence-electron chi connectivity index (χ1n) is 6.22. The van der Waals surface area contributed by atoms with Gasteiger partial charge in [0, 0.05) is 0 Å². The molecule has 2 N–H and O–H groups in total. The second-order valence-corrected chi connectivity index (χ2v) is 5.24. The summed E-state index contributed by atoms with van der Waals surface area (Å²) in [4.78, 5) is 20.1. The van der Waals surface area contributed by atoms with Gasteiger partial charge < -0.3 is 15.2 Å². The minimum Gasteiger partial charge on any atom is -0.337 e. The van der Waals surface area contributed by atoms with Gasteiger partial charge in [0.15, 0.2) is 0 Å². The van der Waals surface area contributed by atoms with Crippen LogP contribution in [0.15, 0.2) is 27.5 Å². The van der Waals surface area contributed by atoms with Crippen molar-refractivity contribution in [3.8, 4) is 0 Å². The number of aromatic nitrogens is 3. The third-order valence-corrected chi connectivity index (χ3v) is 3.46. The van der Waals surface area contributed by atoms with Gasteiger partial charge >= 0.3 is 0 Å². The maximum absolute atomic E-state index is 12.0. The fourth-order valence-corrected chi connectivity index (χ4v) is 2.24. The van der Waals surface area contributed by atoms with Crippen molar-refractivity contribution in [3.63, 3.8) is 0 Å². The van der Waals surface area contributed by atoms with Gasteiger partial charge in [0.25, 0.3) is 11.7 Å². The van der Waals surface area contributed by atoms with Gasteiger partial charge in [-0.25, -0.2) is 4.98 Å². The standard InChI is InChI=1S/C12H12BrN5O2/c13-9-4-3-7(6-15-9)16-11(19)10-17-12(20-18-10)8-2-1-5-14-8/h3-4,6,8,14H,1-2,5H2,(H,16,19). The van der Waals surface area contributed by atoms with Crippen LogP contribution in [0.5, 0.6) is 0 Å². The molecule has 7 nitrogen and oxygen atoms in total. The van der Waals surface area contributed by atoms with E-state index in [-0.39, 0.29) is 11.9 Å². The van der Waals surface area contributed by atoms with Crippen LogP contribution >= 0.6 is 15.9 Å². The Bertz CT molecular complexity index is 607. The zero-order chi connectivity index (χ0) is 13.9. The predicted molar refractivity (Wildman–Crippen MR) is 74.2 cm³/mol. The minimum absolute atomic E-state index is 0.0246. The van der Waals surface area contributed by atoms with Crippen LogP contribution in [0.25, 0.3) is 0 Å². The Kier molecular flexibility index (Phi) is 3.75.